The van der Waals surface area contributed by atoms with E-state index in [2.05, 4.69) is 15.4 Å². The second-order valence-corrected chi connectivity index (χ2v) is 6.11. The van der Waals surface area contributed by atoms with Crippen LogP contribution in [0.1, 0.15) is 30.7 Å². The average Bonchev–Trinajstić information content (AvgIpc) is 3.20. The lowest BCUT2D eigenvalue weighted by molar-refractivity contribution is -0.201. The predicted molar refractivity (Wildman–Crippen MR) is 79.1 cm³/mol. The van der Waals surface area contributed by atoms with Crippen molar-refractivity contribution in [3.63, 3.8) is 0 Å². The maximum Gasteiger partial charge on any atom is 0.291 e. The minimum atomic E-state index is -0.772. The molecular weight excluding hydrogens is 320 g/mol. The summed E-state index contributed by atoms with van der Waals surface area (Å²) in [6.07, 6.45) is -0.588. The fraction of sp³-hybridized carbons (Fsp3) is 0.786. The zero-order valence-electron chi connectivity index (χ0n) is 13.8. The van der Waals surface area contributed by atoms with E-state index in [0.717, 1.165) is 0 Å². The third-order valence-electron chi connectivity index (χ3n) is 3.87. The summed E-state index contributed by atoms with van der Waals surface area (Å²) in [7, 11) is 1.55. The van der Waals surface area contributed by atoms with E-state index in [1.807, 2.05) is 0 Å². The Morgan fingerprint density at radius 3 is 2.92 bits per heavy atom. The number of methoxy groups -OCH3 is 1. The van der Waals surface area contributed by atoms with Gasteiger partial charge in [0.2, 0.25) is 5.82 Å². The highest BCUT2D eigenvalue weighted by Crippen LogP contribution is 2.42. The summed E-state index contributed by atoms with van der Waals surface area (Å²) < 4.78 is 23.7. The number of amides is 1. The Kier molecular flexibility index (Phi) is 4.83. The Labute approximate surface area is 139 Å². The number of nitrogens with zero attached hydrogens (tertiary/aromatic N) is 3. The lowest BCUT2D eigenvalue weighted by Crippen LogP contribution is -2.31. The molecule has 0 bridgehead atoms. The van der Waals surface area contributed by atoms with Gasteiger partial charge in [0.1, 0.15) is 24.6 Å². The molecule has 1 amide bonds. The van der Waals surface area contributed by atoms with Gasteiger partial charge in [-0.15, -0.1) is 5.10 Å². The van der Waals surface area contributed by atoms with Gasteiger partial charge in [-0.1, -0.05) is 0 Å². The predicted octanol–water partition coefficient (Wildman–Crippen LogP) is -0.936. The van der Waals surface area contributed by atoms with Gasteiger partial charge in [0.15, 0.2) is 12.0 Å². The molecule has 2 saturated heterocycles. The Bertz CT molecular complexity index is 592. The summed E-state index contributed by atoms with van der Waals surface area (Å²) in [6, 6.07) is 0. The van der Waals surface area contributed by atoms with E-state index in [-0.39, 0.29) is 12.4 Å². The molecule has 3 rings (SSSR count). The topological polar surface area (TPSA) is 117 Å². The van der Waals surface area contributed by atoms with Gasteiger partial charge in [-0.3, -0.25) is 4.79 Å². The van der Waals surface area contributed by atoms with Crippen molar-refractivity contribution in [3.05, 3.63) is 12.2 Å². The second kappa shape index (κ2) is 6.73. The van der Waals surface area contributed by atoms with Gasteiger partial charge in [-0.25, -0.2) is 9.67 Å². The number of hydrogen-bond acceptors (Lipinski definition) is 8. The number of aliphatic hydroxyl groups excluding tert-OH is 1. The van der Waals surface area contributed by atoms with Crippen LogP contribution in [0.5, 0.6) is 0 Å². The van der Waals surface area contributed by atoms with Crippen LogP contribution in [0.4, 0.5) is 0 Å². The Morgan fingerprint density at radius 2 is 2.21 bits per heavy atom. The maximum atomic E-state index is 12.0. The van der Waals surface area contributed by atoms with Crippen molar-refractivity contribution in [1.29, 1.82) is 0 Å². The molecule has 10 nitrogen and oxygen atoms in total. The third kappa shape index (κ3) is 3.28. The zero-order chi connectivity index (χ0) is 17.3. The van der Waals surface area contributed by atoms with E-state index in [0.29, 0.717) is 13.2 Å². The van der Waals surface area contributed by atoms with Crippen molar-refractivity contribution in [2.45, 2.75) is 44.2 Å². The first-order chi connectivity index (χ1) is 11.4. The molecule has 1 unspecified atom stereocenters. The largest absolute Gasteiger partial charge is 0.394 e. The fourth-order valence-electron chi connectivity index (χ4n) is 2.87. The standard InChI is InChI=1S/C14H22N4O6/c1-14(2)23-9-8(6-19)22-13(10(9)24-14)18-7-16-11(17-18)12(20)15-4-5-21-3/h7-10,13,19H,4-6H2,1-3H3,(H,15,20)/t8-,9?,10+,13-/m1/s1. The van der Waals surface area contributed by atoms with Crippen LogP contribution in [-0.4, -0.2) is 76.7 Å². The number of aromatic nitrogens is 3. The van der Waals surface area contributed by atoms with Crippen LogP contribution in [0.2, 0.25) is 0 Å². The van der Waals surface area contributed by atoms with Crippen LogP contribution in [0.25, 0.3) is 0 Å². The lowest BCUT2D eigenvalue weighted by atomic mass is 10.1. The Hall–Kier alpha value is -1.59. The van der Waals surface area contributed by atoms with Crippen molar-refractivity contribution in [1.82, 2.24) is 20.1 Å². The Balaban J connectivity index is 1.71. The lowest BCUT2D eigenvalue weighted by Gasteiger charge is -2.23. The molecule has 2 aliphatic heterocycles. The summed E-state index contributed by atoms with van der Waals surface area (Å²) >= 11 is 0. The van der Waals surface area contributed by atoms with Crippen LogP contribution in [0.15, 0.2) is 6.33 Å². The van der Waals surface area contributed by atoms with Crippen molar-refractivity contribution >= 4 is 5.91 Å². The molecule has 2 N–H and O–H groups in total. The molecule has 2 aliphatic rings. The summed E-state index contributed by atoms with van der Waals surface area (Å²) in [5.41, 5.74) is 0. The van der Waals surface area contributed by atoms with Crippen LogP contribution >= 0.6 is 0 Å². The van der Waals surface area contributed by atoms with Crippen molar-refractivity contribution in [2.24, 2.45) is 0 Å². The summed E-state index contributed by atoms with van der Waals surface area (Å²) in [5.74, 6) is -1.15. The summed E-state index contributed by atoms with van der Waals surface area (Å²) in [4.78, 5) is 16.0. The zero-order valence-corrected chi connectivity index (χ0v) is 13.8. The van der Waals surface area contributed by atoms with Gasteiger partial charge < -0.3 is 29.4 Å². The fourth-order valence-corrected chi connectivity index (χ4v) is 2.87. The molecule has 1 aromatic rings. The number of rotatable bonds is 6. The van der Waals surface area contributed by atoms with Gasteiger partial charge in [-0.2, -0.15) is 0 Å². The van der Waals surface area contributed by atoms with Crippen LogP contribution in [0, 0.1) is 0 Å². The van der Waals surface area contributed by atoms with Gasteiger partial charge >= 0.3 is 0 Å². The molecule has 1 aromatic heterocycles. The summed E-state index contributed by atoms with van der Waals surface area (Å²) in [5, 5.41) is 16.3. The molecule has 0 saturated carbocycles. The van der Waals surface area contributed by atoms with Crippen LogP contribution < -0.4 is 5.32 Å². The molecule has 0 radical (unpaired) electrons. The highest BCUT2D eigenvalue weighted by molar-refractivity contribution is 5.90. The maximum absolute atomic E-state index is 12.0. The minimum Gasteiger partial charge on any atom is -0.394 e. The van der Waals surface area contributed by atoms with E-state index in [1.54, 1.807) is 21.0 Å². The highest BCUT2D eigenvalue weighted by Gasteiger charge is 2.56. The van der Waals surface area contributed by atoms with Crippen molar-refractivity contribution in [2.75, 3.05) is 26.9 Å². The number of hydrogen-bond donors (Lipinski definition) is 2. The first-order valence-electron chi connectivity index (χ1n) is 7.75. The van der Waals surface area contributed by atoms with Crippen LogP contribution in [-0.2, 0) is 18.9 Å². The molecular formula is C14H22N4O6. The molecule has 0 spiro atoms. The normalized spacial score (nSPS) is 31.2. The van der Waals surface area contributed by atoms with E-state index in [9.17, 15) is 9.90 Å². The minimum absolute atomic E-state index is 0.0249. The SMILES string of the molecule is COCCNC(=O)c1ncn([C@@H]2O[C@H](CO)C3OC(C)(C)O[C@@H]32)n1. The monoisotopic (exact) mass is 342 g/mol. The number of fused-ring (bicyclic) bond motifs is 1. The summed E-state index contributed by atoms with van der Waals surface area (Å²) in [6.45, 7) is 4.17. The average molecular weight is 342 g/mol. The van der Waals surface area contributed by atoms with Crippen LogP contribution in [0.3, 0.4) is 0 Å². The molecule has 24 heavy (non-hydrogen) atoms. The molecule has 0 aliphatic carbocycles. The number of carbonyl (C=O) groups is 1. The quantitative estimate of drug-likeness (QED) is 0.637. The molecule has 0 aromatic carbocycles. The molecule has 2 fully saturated rings. The number of nitrogens with one attached hydrogen (secondary N) is 1. The van der Waals surface area contributed by atoms with Gasteiger partial charge in [-0.05, 0) is 13.8 Å². The van der Waals surface area contributed by atoms with Crippen molar-refractivity contribution in [3.8, 4) is 0 Å². The van der Waals surface area contributed by atoms with Gasteiger partial charge in [0.25, 0.3) is 5.91 Å². The number of carbonyl (C=O) groups excluding carboxylic acids is 1. The first-order valence-corrected chi connectivity index (χ1v) is 7.75. The highest BCUT2D eigenvalue weighted by atomic mass is 16.8. The smallest absolute Gasteiger partial charge is 0.291 e. The third-order valence-corrected chi connectivity index (χ3v) is 3.87. The number of ether oxygens (including phenoxy) is 4. The van der Waals surface area contributed by atoms with E-state index >= 15 is 0 Å². The first kappa shape index (κ1) is 17.2. The van der Waals surface area contributed by atoms with E-state index in [1.165, 1.54) is 11.0 Å². The molecule has 3 heterocycles. The number of aliphatic hydroxyl groups is 1. The van der Waals surface area contributed by atoms with E-state index in [4.69, 9.17) is 18.9 Å². The van der Waals surface area contributed by atoms with Gasteiger partial charge in [0, 0.05) is 13.7 Å². The molecule has 10 heteroatoms. The molecule has 134 valence electrons. The second-order valence-electron chi connectivity index (χ2n) is 6.11. The van der Waals surface area contributed by atoms with Gasteiger partial charge in [0.05, 0.1) is 13.2 Å². The molecule has 4 atom stereocenters. The van der Waals surface area contributed by atoms with E-state index < -0.39 is 36.2 Å². The van der Waals surface area contributed by atoms with Crippen molar-refractivity contribution < 1.29 is 28.8 Å². The Morgan fingerprint density at radius 1 is 1.46 bits per heavy atom.